The Morgan fingerprint density at radius 1 is 1.36 bits per heavy atom. The number of ether oxygens (including phenoxy) is 1. The van der Waals surface area contributed by atoms with Crippen LogP contribution in [0, 0.1) is 11.8 Å². The van der Waals surface area contributed by atoms with E-state index in [-0.39, 0.29) is 23.7 Å². The summed E-state index contributed by atoms with van der Waals surface area (Å²) in [7, 11) is 1.56. The molecule has 0 aromatic rings. The molecule has 2 amide bonds. The first-order chi connectivity index (χ1) is 6.75. The minimum absolute atomic E-state index is 0.0398. The number of amides is 2. The lowest BCUT2D eigenvalue weighted by Crippen LogP contribution is -2.36. The second-order valence-corrected chi connectivity index (χ2v) is 3.69. The van der Waals surface area contributed by atoms with Gasteiger partial charge in [-0.15, -0.1) is 0 Å². The first-order valence-electron chi connectivity index (χ1n) is 4.80. The molecule has 78 valence electrons. The van der Waals surface area contributed by atoms with Crippen molar-refractivity contribution in [3.63, 3.8) is 0 Å². The largest absolute Gasteiger partial charge is 0.383 e. The quantitative estimate of drug-likeness (QED) is 0.581. The van der Waals surface area contributed by atoms with E-state index in [0.717, 1.165) is 0 Å². The summed E-state index contributed by atoms with van der Waals surface area (Å²) in [4.78, 5) is 24.8. The first-order valence-corrected chi connectivity index (χ1v) is 4.80. The Balaban J connectivity index is 2.06. The zero-order valence-corrected chi connectivity index (χ0v) is 8.16. The lowest BCUT2D eigenvalue weighted by molar-refractivity contribution is -0.140. The van der Waals surface area contributed by atoms with Gasteiger partial charge in [0.2, 0.25) is 11.8 Å². The Labute approximate surface area is 82.4 Å². The highest BCUT2D eigenvalue weighted by molar-refractivity contribution is 6.05. The van der Waals surface area contributed by atoms with Gasteiger partial charge in [-0.25, -0.2) is 0 Å². The molecule has 0 aliphatic carbocycles. The lowest BCUT2D eigenvalue weighted by Gasteiger charge is -2.14. The fourth-order valence-corrected chi connectivity index (χ4v) is 2.11. The third-order valence-corrected chi connectivity index (χ3v) is 2.90. The molecule has 1 N–H and O–H groups in total. The third-order valence-electron chi connectivity index (χ3n) is 2.90. The van der Waals surface area contributed by atoms with E-state index < -0.39 is 0 Å². The smallest absolute Gasteiger partial charge is 0.234 e. The molecule has 2 atom stereocenters. The van der Waals surface area contributed by atoms with Crippen LogP contribution in [-0.4, -0.2) is 50.1 Å². The molecule has 14 heavy (non-hydrogen) atoms. The van der Waals surface area contributed by atoms with Crippen molar-refractivity contribution in [1.29, 1.82) is 0 Å². The Hall–Kier alpha value is -0.940. The summed E-state index contributed by atoms with van der Waals surface area (Å²) in [5.41, 5.74) is 0. The van der Waals surface area contributed by atoms with E-state index in [2.05, 4.69) is 5.32 Å². The zero-order chi connectivity index (χ0) is 10.1. The minimum atomic E-state index is -0.126. The highest BCUT2D eigenvalue weighted by Crippen LogP contribution is 2.28. The van der Waals surface area contributed by atoms with Crippen LogP contribution in [0.25, 0.3) is 0 Å². The number of hydrogen-bond acceptors (Lipinski definition) is 4. The van der Waals surface area contributed by atoms with Crippen LogP contribution >= 0.6 is 0 Å². The zero-order valence-electron chi connectivity index (χ0n) is 8.16. The molecule has 2 rings (SSSR count). The van der Waals surface area contributed by atoms with E-state index in [1.54, 1.807) is 7.11 Å². The van der Waals surface area contributed by atoms with Crippen LogP contribution in [0.4, 0.5) is 0 Å². The number of hydrogen-bond donors (Lipinski definition) is 1. The molecule has 0 aromatic carbocycles. The molecule has 2 fully saturated rings. The van der Waals surface area contributed by atoms with Gasteiger partial charge in [0.15, 0.2) is 0 Å². The average Bonchev–Trinajstić information content (AvgIpc) is 2.72. The fraction of sp³-hybridized carbons (Fsp3) is 0.778. The maximum absolute atomic E-state index is 11.7. The molecule has 2 aliphatic heterocycles. The van der Waals surface area contributed by atoms with Crippen LogP contribution in [0.1, 0.15) is 0 Å². The van der Waals surface area contributed by atoms with Crippen molar-refractivity contribution in [3.8, 4) is 0 Å². The molecule has 0 unspecified atom stereocenters. The SMILES string of the molecule is COCCN1C(=O)[C@@H]2CNC[C@H]2C1=O. The van der Waals surface area contributed by atoms with E-state index in [1.165, 1.54) is 4.90 Å². The van der Waals surface area contributed by atoms with Crippen molar-refractivity contribution in [1.82, 2.24) is 10.2 Å². The van der Waals surface area contributed by atoms with Gasteiger partial charge in [-0.2, -0.15) is 0 Å². The number of rotatable bonds is 3. The summed E-state index contributed by atoms with van der Waals surface area (Å²) < 4.78 is 4.86. The van der Waals surface area contributed by atoms with Gasteiger partial charge in [-0.05, 0) is 0 Å². The summed E-state index contributed by atoms with van der Waals surface area (Å²) in [6.07, 6.45) is 0. The number of methoxy groups -OCH3 is 1. The van der Waals surface area contributed by atoms with E-state index in [0.29, 0.717) is 26.2 Å². The van der Waals surface area contributed by atoms with Gasteiger partial charge >= 0.3 is 0 Å². The van der Waals surface area contributed by atoms with Gasteiger partial charge in [0.05, 0.1) is 25.0 Å². The number of imide groups is 1. The number of likely N-dealkylation sites (tertiary alicyclic amines) is 1. The number of nitrogens with zero attached hydrogens (tertiary/aromatic N) is 1. The standard InChI is InChI=1S/C9H14N2O3/c1-14-3-2-11-8(12)6-4-10-5-7(6)9(11)13/h6-7,10H,2-5H2,1H3/t6-,7-/m1/s1. The topological polar surface area (TPSA) is 58.6 Å². The highest BCUT2D eigenvalue weighted by Gasteiger charge is 2.49. The Morgan fingerprint density at radius 2 is 1.93 bits per heavy atom. The third kappa shape index (κ3) is 1.33. The predicted octanol–water partition coefficient (Wildman–Crippen LogP) is -1.16. The van der Waals surface area contributed by atoms with Gasteiger partial charge in [-0.1, -0.05) is 0 Å². The van der Waals surface area contributed by atoms with Crippen molar-refractivity contribution in [2.24, 2.45) is 11.8 Å². The van der Waals surface area contributed by atoms with E-state index in [1.807, 2.05) is 0 Å². The summed E-state index contributed by atoms with van der Waals surface area (Å²) >= 11 is 0. The van der Waals surface area contributed by atoms with Crippen LogP contribution in [0.5, 0.6) is 0 Å². The van der Waals surface area contributed by atoms with Gasteiger partial charge in [-0.3, -0.25) is 14.5 Å². The van der Waals surface area contributed by atoms with E-state index in [9.17, 15) is 9.59 Å². The summed E-state index contributed by atoms with van der Waals surface area (Å²) in [6.45, 7) is 2.09. The van der Waals surface area contributed by atoms with Crippen molar-refractivity contribution in [2.75, 3.05) is 33.4 Å². The van der Waals surface area contributed by atoms with Crippen LogP contribution in [0.3, 0.4) is 0 Å². The van der Waals surface area contributed by atoms with Gasteiger partial charge in [0.1, 0.15) is 0 Å². The Morgan fingerprint density at radius 3 is 2.43 bits per heavy atom. The number of nitrogens with one attached hydrogen (secondary N) is 1. The highest BCUT2D eigenvalue weighted by atomic mass is 16.5. The van der Waals surface area contributed by atoms with Crippen LogP contribution in [0.2, 0.25) is 0 Å². The first kappa shape index (κ1) is 9.61. The molecule has 2 saturated heterocycles. The average molecular weight is 198 g/mol. The molecule has 0 radical (unpaired) electrons. The molecule has 0 aromatic heterocycles. The minimum Gasteiger partial charge on any atom is -0.383 e. The van der Waals surface area contributed by atoms with Gasteiger partial charge in [0.25, 0.3) is 0 Å². The molecule has 0 spiro atoms. The summed E-state index contributed by atoms with van der Waals surface area (Å²) in [6, 6.07) is 0. The fourth-order valence-electron chi connectivity index (χ4n) is 2.11. The monoisotopic (exact) mass is 198 g/mol. The maximum atomic E-state index is 11.7. The van der Waals surface area contributed by atoms with Gasteiger partial charge in [0, 0.05) is 20.2 Å². The molecule has 0 bridgehead atoms. The van der Waals surface area contributed by atoms with Crippen LogP contribution < -0.4 is 5.32 Å². The number of fused-ring (bicyclic) bond motifs is 1. The van der Waals surface area contributed by atoms with Gasteiger partial charge < -0.3 is 10.1 Å². The lowest BCUT2D eigenvalue weighted by atomic mass is 10.00. The second-order valence-electron chi connectivity index (χ2n) is 3.69. The number of carbonyl (C=O) groups is 2. The van der Waals surface area contributed by atoms with Crippen molar-refractivity contribution in [3.05, 3.63) is 0 Å². The molecule has 2 aliphatic rings. The molecule has 5 nitrogen and oxygen atoms in total. The molecule has 0 saturated carbocycles. The second kappa shape index (κ2) is 3.67. The Bertz CT molecular complexity index is 245. The normalized spacial score (nSPS) is 31.4. The molecule has 2 heterocycles. The number of carbonyl (C=O) groups excluding carboxylic acids is 2. The summed E-state index contributed by atoms with van der Waals surface area (Å²) in [5, 5.41) is 3.06. The molecule has 5 heteroatoms. The maximum Gasteiger partial charge on any atom is 0.234 e. The summed E-state index contributed by atoms with van der Waals surface area (Å²) in [5.74, 6) is -0.331. The predicted molar refractivity (Wildman–Crippen MR) is 48.4 cm³/mol. The molecular weight excluding hydrogens is 184 g/mol. The Kier molecular flexibility index (Phi) is 2.52. The van der Waals surface area contributed by atoms with Crippen molar-refractivity contribution in [2.45, 2.75) is 0 Å². The van der Waals surface area contributed by atoms with E-state index in [4.69, 9.17) is 4.74 Å². The van der Waals surface area contributed by atoms with Crippen molar-refractivity contribution >= 4 is 11.8 Å². The van der Waals surface area contributed by atoms with Crippen molar-refractivity contribution < 1.29 is 14.3 Å². The van der Waals surface area contributed by atoms with E-state index >= 15 is 0 Å². The van der Waals surface area contributed by atoms with Crippen LogP contribution in [-0.2, 0) is 14.3 Å². The van der Waals surface area contributed by atoms with Crippen LogP contribution in [0.15, 0.2) is 0 Å². The molecular formula is C9H14N2O3.